The molecule has 1 aromatic carbocycles. The molecule has 0 bridgehead atoms. The average Bonchev–Trinajstić information content (AvgIpc) is 2.32. The summed E-state index contributed by atoms with van der Waals surface area (Å²) in [5.41, 5.74) is 1.59. The highest BCUT2D eigenvalue weighted by molar-refractivity contribution is 5.65. The predicted octanol–water partition coefficient (Wildman–Crippen LogP) is 4.14. The van der Waals surface area contributed by atoms with E-state index < -0.39 is 0 Å². The first-order valence-corrected chi connectivity index (χ1v) is 6.99. The lowest BCUT2D eigenvalue weighted by Gasteiger charge is -2.33. The normalized spacial score (nSPS) is 27.0. The maximum absolute atomic E-state index is 11.2. The van der Waals surface area contributed by atoms with Gasteiger partial charge < -0.3 is 5.32 Å². The van der Waals surface area contributed by atoms with Gasteiger partial charge >= 0.3 is 0 Å². The Balaban J connectivity index is 2.19. The van der Waals surface area contributed by atoms with Crippen molar-refractivity contribution in [3.63, 3.8) is 0 Å². The smallest absolute Gasteiger partial charge is 0.295 e. The molecule has 1 aliphatic rings. The number of nitro groups is 1. The van der Waals surface area contributed by atoms with Crippen molar-refractivity contribution in [3.8, 4) is 0 Å². The first-order chi connectivity index (χ1) is 8.99. The molecule has 1 fully saturated rings. The second-order valence-electron chi connectivity index (χ2n) is 5.87. The quantitative estimate of drug-likeness (QED) is 0.658. The zero-order chi connectivity index (χ0) is 14.0. The number of hydrogen-bond acceptors (Lipinski definition) is 3. The van der Waals surface area contributed by atoms with Gasteiger partial charge in [-0.2, -0.15) is 0 Å². The van der Waals surface area contributed by atoms with Gasteiger partial charge in [-0.1, -0.05) is 26.0 Å². The molecular formula is C15H22N2O2. The average molecular weight is 262 g/mol. The molecule has 4 heteroatoms. The molecule has 0 spiro atoms. The van der Waals surface area contributed by atoms with Crippen LogP contribution in [0.25, 0.3) is 0 Å². The lowest BCUT2D eigenvalue weighted by Crippen LogP contribution is -2.33. The first kappa shape index (κ1) is 13.8. The monoisotopic (exact) mass is 262 g/mol. The SMILES string of the molecule is Cc1cccc(NC2CCC(C)CC2C)c1[N+](=O)[O-]. The molecule has 0 amide bonds. The van der Waals surface area contributed by atoms with Gasteiger partial charge in [-0.15, -0.1) is 0 Å². The molecule has 1 aliphatic carbocycles. The summed E-state index contributed by atoms with van der Waals surface area (Å²) in [4.78, 5) is 10.9. The molecule has 0 aromatic heterocycles. The Morgan fingerprint density at radius 1 is 1.32 bits per heavy atom. The van der Waals surface area contributed by atoms with Gasteiger partial charge in [0.1, 0.15) is 5.69 Å². The third-order valence-corrected chi connectivity index (χ3v) is 4.19. The molecule has 3 atom stereocenters. The fourth-order valence-corrected chi connectivity index (χ4v) is 3.10. The molecule has 0 radical (unpaired) electrons. The van der Waals surface area contributed by atoms with E-state index in [1.165, 1.54) is 12.8 Å². The van der Waals surface area contributed by atoms with Crippen molar-refractivity contribution in [2.75, 3.05) is 5.32 Å². The van der Waals surface area contributed by atoms with E-state index in [2.05, 4.69) is 19.2 Å². The number of nitrogens with zero attached hydrogens (tertiary/aromatic N) is 1. The Bertz CT molecular complexity index is 473. The van der Waals surface area contributed by atoms with E-state index in [0.29, 0.717) is 23.2 Å². The number of rotatable bonds is 3. The van der Waals surface area contributed by atoms with Crippen molar-refractivity contribution in [3.05, 3.63) is 33.9 Å². The second-order valence-corrected chi connectivity index (χ2v) is 5.87. The number of nitro benzene ring substituents is 1. The van der Waals surface area contributed by atoms with E-state index in [0.717, 1.165) is 12.3 Å². The molecule has 3 unspecified atom stereocenters. The summed E-state index contributed by atoms with van der Waals surface area (Å²) >= 11 is 0. The molecule has 19 heavy (non-hydrogen) atoms. The van der Waals surface area contributed by atoms with Crippen LogP contribution in [-0.4, -0.2) is 11.0 Å². The Labute approximate surface area is 114 Å². The van der Waals surface area contributed by atoms with Crippen molar-refractivity contribution in [1.29, 1.82) is 0 Å². The predicted molar refractivity (Wildman–Crippen MR) is 77.4 cm³/mol. The molecule has 1 saturated carbocycles. The molecule has 104 valence electrons. The number of hydrogen-bond donors (Lipinski definition) is 1. The topological polar surface area (TPSA) is 55.2 Å². The van der Waals surface area contributed by atoms with Crippen LogP contribution in [0.5, 0.6) is 0 Å². The minimum absolute atomic E-state index is 0.216. The minimum Gasteiger partial charge on any atom is -0.376 e. The van der Waals surface area contributed by atoms with Gasteiger partial charge in [0.25, 0.3) is 5.69 Å². The van der Waals surface area contributed by atoms with Crippen LogP contribution in [0, 0.1) is 28.9 Å². The standard InChI is InChI=1S/C15H22N2O2/c1-10-7-8-13(12(3)9-10)16-14-6-4-5-11(2)15(14)17(18)19/h4-6,10,12-13,16H,7-9H2,1-3H3. The highest BCUT2D eigenvalue weighted by Crippen LogP contribution is 2.34. The van der Waals surface area contributed by atoms with E-state index in [-0.39, 0.29) is 10.6 Å². The maximum atomic E-state index is 11.2. The van der Waals surface area contributed by atoms with Crippen LogP contribution in [0.15, 0.2) is 18.2 Å². The highest BCUT2D eigenvalue weighted by atomic mass is 16.6. The summed E-state index contributed by atoms with van der Waals surface area (Å²) in [5.74, 6) is 1.32. The Morgan fingerprint density at radius 2 is 2.05 bits per heavy atom. The Kier molecular flexibility index (Phi) is 4.08. The van der Waals surface area contributed by atoms with Crippen molar-refractivity contribution >= 4 is 11.4 Å². The summed E-state index contributed by atoms with van der Waals surface area (Å²) in [6.45, 7) is 6.30. The highest BCUT2D eigenvalue weighted by Gasteiger charge is 2.27. The molecule has 0 heterocycles. The van der Waals surface area contributed by atoms with Gasteiger partial charge in [-0.05, 0) is 44.1 Å². The lowest BCUT2D eigenvalue weighted by molar-refractivity contribution is -0.384. The van der Waals surface area contributed by atoms with Gasteiger partial charge in [-0.25, -0.2) is 0 Å². The fraction of sp³-hybridized carbons (Fsp3) is 0.600. The number of para-hydroxylation sites is 1. The summed E-state index contributed by atoms with van der Waals surface area (Å²) in [7, 11) is 0. The van der Waals surface area contributed by atoms with E-state index in [1.807, 2.05) is 12.1 Å². The summed E-state index contributed by atoms with van der Waals surface area (Å²) in [6, 6.07) is 5.82. The van der Waals surface area contributed by atoms with E-state index in [1.54, 1.807) is 13.0 Å². The zero-order valence-corrected chi connectivity index (χ0v) is 11.8. The van der Waals surface area contributed by atoms with Crippen molar-refractivity contribution in [1.82, 2.24) is 0 Å². The van der Waals surface area contributed by atoms with Gasteiger partial charge in [0.2, 0.25) is 0 Å². The van der Waals surface area contributed by atoms with Gasteiger partial charge in [0, 0.05) is 11.6 Å². The molecule has 0 aliphatic heterocycles. The zero-order valence-electron chi connectivity index (χ0n) is 11.8. The first-order valence-electron chi connectivity index (χ1n) is 6.99. The summed E-state index contributed by atoms with van der Waals surface area (Å²) in [5, 5.41) is 14.6. The maximum Gasteiger partial charge on any atom is 0.295 e. The summed E-state index contributed by atoms with van der Waals surface area (Å²) < 4.78 is 0. The van der Waals surface area contributed by atoms with Crippen LogP contribution in [0.2, 0.25) is 0 Å². The largest absolute Gasteiger partial charge is 0.376 e. The van der Waals surface area contributed by atoms with Crippen LogP contribution >= 0.6 is 0 Å². The third-order valence-electron chi connectivity index (χ3n) is 4.19. The van der Waals surface area contributed by atoms with Crippen LogP contribution in [0.4, 0.5) is 11.4 Å². The molecule has 2 rings (SSSR count). The Morgan fingerprint density at radius 3 is 2.68 bits per heavy atom. The molecule has 1 aromatic rings. The van der Waals surface area contributed by atoms with Crippen LogP contribution in [-0.2, 0) is 0 Å². The number of anilines is 1. The van der Waals surface area contributed by atoms with E-state index in [9.17, 15) is 10.1 Å². The van der Waals surface area contributed by atoms with Crippen LogP contribution in [0.3, 0.4) is 0 Å². The minimum atomic E-state index is -0.284. The number of aryl methyl sites for hydroxylation is 1. The van der Waals surface area contributed by atoms with Crippen molar-refractivity contribution < 1.29 is 4.92 Å². The molecule has 1 N–H and O–H groups in total. The molecule has 4 nitrogen and oxygen atoms in total. The van der Waals surface area contributed by atoms with Gasteiger partial charge in [0.15, 0.2) is 0 Å². The van der Waals surface area contributed by atoms with Crippen molar-refractivity contribution in [2.24, 2.45) is 11.8 Å². The number of benzene rings is 1. The summed E-state index contributed by atoms with van der Waals surface area (Å²) in [6.07, 6.45) is 3.48. The van der Waals surface area contributed by atoms with Crippen molar-refractivity contribution in [2.45, 2.75) is 46.1 Å². The molecular weight excluding hydrogens is 240 g/mol. The fourth-order valence-electron chi connectivity index (χ4n) is 3.10. The number of nitrogens with one attached hydrogen (secondary N) is 1. The van der Waals surface area contributed by atoms with Crippen LogP contribution in [0.1, 0.15) is 38.7 Å². The second kappa shape index (κ2) is 5.59. The van der Waals surface area contributed by atoms with Gasteiger partial charge in [0.05, 0.1) is 4.92 Å². The van der Waals surface area contributed by atoms with E-state index in [4.69, 9.17) is 0 Å². The Hall–Kier alpha value is -1.58. The van der Waals surface area contributed by atoms with Gasteiger partial charge in [-0.3, -0.25) is 10.1 Å². The van der Waals surface area contributed by atoms with E-state index >= 15 is 0 Å². The molecule has 0 saturated heterocycles. The van der Waals surface area contributed by atoms with Crippen LogP contribution < -0.4 is 5.32 Å². The third kappa shape index (κ3) is 3.06. The lowest BCUT2D eigenvalue weighted by atomic mass is 9.80.